The third-order valence-electron chi connectivity index (χ3n) is 5.21. The second-order valence-electron chi connectivity index (χ2n) is 7.58. The van der Waals surface area contributed by atoms with Crippen molar-refractivity contribution < 1.29 is 23.1 Å². The Kier molecular flexibility index (Phi) is 7.51. The maximum atomic E-state index is 13.5. The molecule has 0 aliphatic carbocycles. The van der Waals surface area contributed by atoms with Crippen molar-refractivity contribution in [3.63, 3.8) is 0 Å². The quantitative estimate of drug-likeness (QED) is 0.413. The van der Waals surface area contributed by atoms with Crippen molar-refractivity contribution in [2.45, 2.75) is 45.3 Å². The Bertz CT molecular complexity index is 1090. The first-order valence-corrected chi connectivity index (χ1v) is 10.5. The molecule has 0 atom stereocenters. The number of alkyl halides is 3. The maximum Gasteiger partial charge on any atom is 0.416 e. The van der Waals surface area contributed by atoms with E-state index < -0.39 is 17.7 Å². The van der Waals surface area contributed by atoms with Gasteiger partial charge in [-0.15, -0.1) is 0 Å². The number of aryl methyl sites for hydroxylation is 1. The number of rotatable bonds is 9. The van der Waals surface area contributed by atoms with Gasteiger partial charge in [-0.05, 0) is 29.7 Å². The smallest absolute Gasteiger partial charge is 0.416 e. The lowest BCUT2D eigenvalue weighted by atomic mass is 10.0. The largest absolute Gasteiger partial charge is 0.478 e. The van der Waals surface area contributed by atoms with Crippen LogP contribution in [0.4, 0.5) is 13.2 Å². The highest BCUT2D eigenvalue weighted by Gasteiger charge is 2.33. The molecule has 4 nitrogen and oxygen atoms in total. The van der Waals surface area contributed by atoms with E-state index in [9.17, 15) is 23.1 Å². The Balaban J connectivity index is 2.03. The Morgan fingerprint density at radius 1 is 1.09 bits per heavy atom. The summed E-state index contributed by atoms with van der Waals surface area (Å²) in [6.07, 6.45) is 1.10. The number of halogens is 3. The summed E-state index contributed by atoms with van der Waals surface area (Å²) in [5, 5.41) is 9.73. The molecule has 0 unspecified atom stereocenters. The summed E-state index contributed by atoms with van der Waals surface area (Å²) in [7, 11) is 0. The van der Waals surface area contributed by atoms with Crippen LogP contribution < -0.4 is 0 Å². The molecule has 3 aromatic rings. The third kappa shape index (κ3) is 5.87. The van der Waals surface area contributed by atoms with E-state index in [1.165, 1.54) is 24.4 Å². The van der Waals surface area contributed by atoms with Crippen molar-refractivity contribution in [2.75, 3.05) is 0 Å². The summed E-state index contributed by atoms with van der Waals surface area (Å²) in [6.45, 7) is 1.98. The van der Waals surface area contributed by atoms with E-state index in [4.69, 9.17) is 0 Å². The number of hydrogen-bond donors (Lipinski definition) is 1. The third-order valence-corrected chi connectivity index (χ3v) is 5.21. The molecule has 168 valence electrons. The number of carboxylic acid groups (broad SMARTS) is 1. The van der Waals surface area contributed by atoms with Gasteiger partial charge in [0.15, 0.2) is 0 Å². The monoisotopic (exact) mass is 442 g/mol. The highest BCUT2D eigenvalue weighted by atomic mass is 19.4. The number of carboxylic acids is 1. The zero-order valence-electron chi connectivity index (χ0n) is 17.8. The second-order valence-corrected chi connectivity index (χ2v) is 7.58. The molecule has 1 aromatic heterocycles. The minimum Gasteiger partial charge on any atom is -0.478 e. The molecular formula is C25H25F3N2O2. The maximum absolute atomic E-state index is 13.5. The van der Waals surface area contributed by atoms with Crippen LogP contribution in [0.1, 0.15) is 48.0 Å². The molecule has 0 bridgehead atoms. The molecule has 7 heteroatoms. The van der Waals surface area contributed by atoms with Gasteiger partial charge in [-0.3, -0.25) is 0 Å². The van der Waals surface area contributed by atoms with E-state index in [0.29, 0.717) is 17.9 Å². The molecule has 0 radical (unpaired) electrons. The van der Waals surface area contributed by atoms with Gasteiger partial charge in [0, 0.05) is 25.0 Å². The summed E-state index contributed by atoms with van der Waals surface area (Å²) in [5.74, 6) is -0.438. The number of carbonyl (C=O) groups is 1. The van der Waals surface area contributed by atoms with Gasteiger partial charge in [-0.25, -0.2) is 9.78 Å². The number of aliphatic carboxylic acids is 1. The first-order chi connectivity index (χ1) is 15.3. The molecular weight excluding hydrogens is 417 g/mol. The first kappa shape index (κ1) is 23.3. The van der Waals surface area contributed by atoms with Crippen LogP contribution in [0.2, 0.25) is 0 Å². The van der Waals surface area contributed by atoms with Crippen LogP contribution in [0.5, 0.6) is 0 Å². The van der Waals surface area contributed by atoms with E-state index >= 15 is 0 Å². The average Bonchev–Trinajstić information content (AvgIpc) is 3.13. The van der Waals surface area contributed by atoms with Crippen molar-refractivity contribution in [1.82, 2.24) is 9.55 Å². The first-order valence-electron chi connectivity index (χ1n) is 10.5. The standard InChI is InChI=1S/C25H25F3N2O2/c1-2-3-13-23-29-16-21(15-20(24(31)32)14-18-9-5-4-6-10-18)30(23)17-19-11-7-8-12-22(19)25(26,27)28/h4-12,15-16H,2-3,13-14,17H2,1H3,(H,31,32)/b20-15+. The topological polar surface area (TPSA) is 55.1 Å². The number of aromatic nitrogens is 2. The number of hydrogen-bond acceptors (Lipinski definition) is 2. The lowest BCUT2D eigenvalue weighted by Crippen LogP contribution is -2.14. The highest BCUT2D eigenvalue weighted by molar-refractivity contribution is 5.92. The summed E-state index contributed by atoms with van der Waals surface area (Å²) < 4.78 is 42.3. The molecule has 0 fully saturated rings. The SMILES string of the molecule is CCCCc1ncc(/C=C(\Cc2ccccc2)C(=O)O)n1Cc1ccccc1C(F)(F)F. The van der Waals surface area contributed by atoms with E-state index in [0.717, 1.165) is 24.5 Å². The minimum atomic E-state index is -4.48. The van der Waals surface area contributed by atoms with Gasteiger partial charge in [-0.2, -0.15) is 13.2 Å². The van der Waals surface area contributed by atoms with E-state index in [-0.39, 0.29) is 24.1 Å². The van der Waals surface area contributed by atoms with Crippen LogP contribution in [0.3, 0.4) is 0 Å². The average molecular weight is 442 g/mol. The molecule has 32 heavy (non-hydrogen) atoms. The highest BCUT2D eigenvalue weighted by Crippen LogP contribution is 2.32. The summed E-state index contributed by atoms with van der Waals surface area (Å²) in [4.78, 5) is 16.3. The molecule has 0 aliphatic heterocycles. The zero-order valence-corrected chi connectivity index (χ0v) is 17.8. The van der Waals surface area contributed by atoms with Crippen LogP contribution in [-0.4, -0.2) is 20.6 Å². The predicted octanol–water partition coefficient (Wildman–Crippen LogP) is 6.00. The summed E-state index contributed by atoms with van der Waals surface area (Å²) in [6, 6.07) is 14.6. The Morgan fingerprint density at radius 2 is 1.78 bits per heavy atom. The van der Waals surface area contributed by atoms with Crippen LogP contribution in [-0.2, 0) is 30.4 Å². The van der Waals surface area contributed by atoms with Gasteiger partial charge >= 0.3 is 12.1 Å². The number of nitrogens with zero attached hydrogens (tertiary/aromatic N) is 2. The Morgan fingerprint density at radius 3 is 2.44 bits per heavy atom. The molecule has 0 spiro atoms. The fourth-order valence-electron chi connectivity index (χ4n) is 3.55. The van der Waals surface area contributed by atoms with Gasteiger partial charge in [0.05, 0.1) is 17.5 Å². The number of benzene rings is 2. The molecule has 1 heterocycles. The fourth-order valence-corrected chi connectivity index (χ4v) is 3.55. The van der Waals surface area contributed by atoms with Crippen molar-refractivity contribution in [1.29, 1.82) is 0 Å². The zero-order chi connectivity index (χ0) is 23.1. The van der Waals surface area contributed by atoms with Crippen LogP contribution in [0.25, 0.3) is 6.08 Å². The number of imidazole rings is 1. The summed E-state index contributed by atoms with van der Waals surface area (Å²) >= 11 is 0. The van der Waals surface area contributed by atoms with Crippen molar-refractivity contribution in [3.05, 3.63) is 94.6 Å². The molecule has 0 saturated heterocycles. The minimum absolute atomic E-state index is 0.0429. The normalized spacial score (nSPS) is 12.2. The van der Waals surface area contributed by atoms with Crippen LogP contribution in [0, 0.1) is 0 Å². The van der Waals surface area contributed by atoms with Crippen molar-refractivity contribution in [2.24, 2.45) is 0 Å². The van der Waals surface area contributed by atoms with Gasteiger partial charge in [0.25, 0.3) is 0 Å². The summed E-state index contributed by atoms with van der Waals surface area (Å²) in [5.41, 5.74) is 0.865. The van der Waals surface area contributed by atoms with Gasteiger partial charge in [0.2, 0.25) is 0 Å². The fraction of sp³-hybridized carbons (Fsp3) is 0.280. The van der Waals surface area contributed by atoms with E-state index in [2.05, 4.69) is 4.98 Å². The van der Waals surface area contributed by atoms with Gasteiger partial charge in [-0.1, -0.05) is 61.9 Å². The Hall–Kier alpha value is -3.35. The lowest BCUT2D eigenvalue weighted by Gasteiger charge is -2.16. The lowest BCUT2D eigenvalue weighted by molar-refractivity contribution is -0.138. The molecule has 3 rings (SSSR count). The molecule has 0 amide bonds. The second kappa shape index (κ2) is 10.3. The molecule has 1 N–H and O–H groups in total. The molecule has 2 aromatic carbocycles. The Labute approximate surface area is 185 Å². The predicted molar refractivity (Wildman–Crippen MR) is 117 cm³/mol. The van der Waals surface area contributed by atoms with E-state index in [1.807, 2.05) is 37.3 Å². The molecule has 0 saturated carbocycles. The van der Waals surface area contributed by atoms with E-state index in [1.54, 1.807) is 10.6 Å². The molecule has 0 aliphatic rings. The van der Waals surface area contributed by atoms with Gasteiger partial charge in [0.1, 0.15) is 5.82 Å². The van der Waals surface area contributed by atoms with Crippen LogP contribution >= 0.6 is 0 Å². The number of unbranched alkanes of at least 4 members (excludes halogenated alkanes) is 1. The van der Waals surface area contributed by atoms with Crippen molar-refractivity contribution in [3.8, 4) is 0 Å². The van der Waals surface area contributed by atoms with Gasteiger partial charge < -0.3 is 9.67 Å². The van der Waals surface area contributed by atoms with Crippen LogP contribution in [0.15, 0.2) is 66.4 Å². The van der Waals surface area contributed by atoms with Crippen molar-refractivity contribution >= 4 is 12.0 Å².